The molecule has 1 heterocycles. The third-order valence-corrected chi connectivity index (χ3v) is 6.54. The molecule has 1 aliphatic heterocycles. The van der Waals surface area contributed by atoms with Crippen molar-refractivity contribution in [3.05, 3.63) is 24.3 Å². The number of carbonyl (C=O) groups is 1. The zero-order valence-corrected chi connectivity index (χ0v) is 16.9. The third-order valence-electron chi connectivity index (χ3n) is 4.71. The molecule has 0 spiro atoms. The Kier molecular flexibility index (Phi) is 7.16. The molecule has 146 valence electrons. The summed E-state index contributed by atoms with van der Waals surface area (Å²) in [7, 11) is -0.464. The van der Waals surface area contributed by atoms with Gasteiger partial charge in [0.25, 0.3) is 0 Å². The van der Waals surface area contributed by atoms with Crippen LogP contribution >= 0.6 is 0 Å². The molecule has 26 heavy (non-hydrogen) atoms. The normalized spacial score (nSPS) is 17.0. The molecule has 2 rings (SSSR count). The number of piperazine rings is 1. The topological polar surface area (TPSA) is 73.0 Å². The highest BCUT2D eigenvalue weighted by Crippen LogP contribution is 2.16. The van der Waals surface area contributed by atoms with Crippen molar-refractivity contribution < 1.29 is 13.2 Å². The monoisotopic (exact) mass is 382 g/mol. The Morgan fingerprint density at radius 3 is 2.19 bits per heavy atom. The molecule has 1 amide bonds. The van der Waals surface area contributed by atoms with E-state index in [-0.39, 0.29) is 10.8 Å². The van der Waals surface area contributed by atoms with Crippen LogP contribution < -0.4 is 5.32 Å². The Morgan fingerprint density at radius 1 is 1.12 bits per heavy atom. The van der Waals surface area contributed by atoms with Crippen molar-refractivity contribution in [2.75, 3.05) is 52.1 Å². The minimum absolute atomic E-state index is 0.0560. The van der Waals surface area contributed by atoms with Gasteiger partial charge in [0.05, 0.1) is 4.90 Å². The number of sulfonamides is 1. The molecule has 1 fully saturated rings. The Bertz CT molecular complexity index is 694. The first-order chi connectivity index (χ1) is 12.2. The van der Waals surface area contributed by atoms with Gasteiger partial charge >= 0.3 is 0 Å². The van der Waals surface area contributed by atoms with Crippen LogP contribution in [0.15, 0.2) is 29.2 Å². The van der Waals surface area contributed by atoms with Crippen LogP contribution in [-0.2, 0) is 14.8 Å². The second-order valence-electron chi connectivity index (χ2n) is 7.08. The van der Waals surface area contributed by atoms with Gasteiger partial charge in [0.2, 0.25) is 15.9 Å². The fraction of sp³-hybridized carbons (Fsp3) is 0.611. The van der Waals surface area contributed by atoms with E-state index >= 15 is 0 Å². The summed E-state index contributed by atoms with van der Waals surface area (Å²) in [6, 6.07) is 6.83. The van der Waals surface area contributed by atoms with E-state index in [1.165, 1.54) is 30.5 Å². The van der Waals surface area contributed by atoms with Crippen molar-refractivity contribution in [1.29, 1.82) is 0 Å². The van der Waals surface area contributed by atoms with Gasteiger partial charge in [0, 0.05) is 65.0 Å². The van der Waals surface area contributed by atoms with E-state index in [1.807, 2.05) is 0 Å². The second-order valence-corrected chi connectivity index (χ2v) is 9.23. The van der Waals surface area contributed by atoms with Crippen LogP contribution in [0.2, 0.25) is 0 Å². The molecule has 1 aromatic rings. The van der Waals surface area contributed by atoms with Gasteiger partial charge in [-0.15, -0.1) is 0 Å². The van der Waals surface area contributed by atoms with E-state index in [2.05, 4.69) is 29.0 Å². The van der Waals surface area contributed by atoms with Crippen molar-refractivity contribution in [3.8, 4) is 0 Å². The van der Waals surface area contributed by atoms with Gasteiger partial charge in [-0.25, -0.2) is 12.7 Å². The smallest absolute Gasteiger partial charge is 0.242 e. The second kappa shape index (κ2) is 8.94. The number of hydrogen-bond acceptors (Lipinski definition) is 5. The predicted octanol–water partition coefficient (Wildman–Crippen LogP) is 1.29. The highest BCUT2D eigenvalue weighted by Gasteiger charge is 2.19. The quantitative estimate of drug-likeness (QED) is 0.769. The van der Waals surface area contributed by atoms with Crippen molar-refractivity contribution in [2.45, 2.75) is 31.2 Å². The van der Waals surface area contributed by atoms with Crippen LogP contribution in [0.3, 0.4) is 0 Å². The van der Waals surface area contributed by atoms with E-state index in [0.29, 0.717) is 18.2 Å². The molecule has 1 saturated heterocycles. The number of hydrogen-bond donors (Lipinski definition) is 1. The first-order valence-corrected chi connectivity index (χ1v) is 10.4. The van der Waals surface area contributed by atoms with Gasteiger partial charge in [-0.05, 0) is 38.1 Å². The molecular formula is C18H30N4O3S. The molecule has 0 unspecified atom stereocenters. The van der Waals surface area contributed by atoms with Gasteiger partial charge in [-0.3, -0.25) is 9.69 Å². The SMILES string of the molecule is CC(C)N1CCN(CCC(=O)Nc2ccc(S(=O)(=O)N(C)C)cc2)CC1. The lowest BCUT2D eigenvalue weighted by Gasteiger charge is -2.36. The summed E-state index contributed by atoms with van der Waals surface area (Å²) in [5.41, 5.74) is 0.609. The van der Waals surface area contributed by atoms with Crippen LogP contribution in [0.4, 0.5) is 5.69 Å². The van der Waals surface area contributed by atoms with E-state index in [1.54, 1.807) is 12.1 Å². The maximum Gasteiger partial charge on any atom is 0.242 e. The summed E-state index contributed by atoms with van der Waals surface area (Å²) in [6.07, 6.45) is 0.430. The molecule has 1 aromatic carbocycles. The minimum atomic E-state index is -3.45. The fourth-order valence-corrected chi connectivity index (χ4v) is 3.81. The zero-order chi connectivity index (χ0) is 19.3. The minimum Gasteiger partial charge on any atom is -0.326 e. The van der Waals surface area contributed by atoms with Gasteiger partial charge in [0.15, 0.2) is 0 Å². The van der Waals surface area contributed by atoms with Gasteiger partial charge in [-0.2, -0.15) is 0 Å². The summed E-state index contributed by atoms with van der Waals surface area (Å²) in [4.78, 5) is 17.1. The molecule has 0 aliphatic carbocycles. The lowest BCUT2D eigenvalue weighted by Crippen LogP contribution is -2.49. The number of nitrogens with zero attached hydrogens (tertiary/aromatic N) is 3. The lowest BCUT2D eigenvalue weighted by molar-refractivity contribution is -0.116. The zero-order valence-electron chi connectivity index (χ0n) is 16.1. The van der Waals surface area contributed by atoms with Crippen molar-refractivity contribution in [1.82, 2.24) is 14.1 Å². The number of anilines is 1. The van der Waals surface area contributed by atoms with E-state index in [9.17, 15) is 13.2 Å². The number of carbonyl (C=O) groups excluding carboxylic acids is 1. The summed E-state index contributed by atoms with van der Waals surface area (Å²) >= 11 is 0. The highest BCUT2D eigenvalue weighted by molar-refractivity contribution is 7.89. The Labute approximate surface area is 157 Å². The number of benzene rings is 1. The van der Waals surface area contributed by atoms with E-state index in [4.69, 9.17) is 0 Å². The maximum atomic E-state index is 12.1. The largest absolute Gasteiger partial charge is 0.326 e. The molecular weight excluding hydrogens is 352 g/mol. The summed E-state index contributed by atoms with van der Waals surface area (Å²) < 4.78 is 25.2. The van der Waals surface area contributed by atoms with Crippen molar-refractivity contribution in [2.24, 2.45) is 0 Å². The van der Waals surface area contributed by atoms with Gasteiger partial charge in [0.1, 0.15) is 0 Å². The van der Waals surface area contributed by atoms with Crippen LogP contribution in [0.5, 0.6) is 0 Å². The number of rotatable bonds is 7. The molecule has 1 aliphatic rings. The van der Waals surface area contributed by atoms with Crippen LogP contribution in [-0.4, -0.2) is 81.3 Å². The van der Waals surface area contributed by atoms with E-state index in [0.717, 1.165) is 32.7 Å². The molecule has 0 radical (unpaired) electrons. The molecule has 8 heteroatoms. The maximum absolute atomic E-state index is 12.1. The molecule has 0 atom stereocenters. The lowest BCUT2D eigenvalue weighted by atomic mass is 10.2. The Hall–Kier alpha value is -1.48. The average molecular weight is 383 g/mol. The summed E-state index contributed by atoms with van der Waals surface area (Å²) in [5, 5.41) is 2.83. The third kappa shape index (κ3) is 5.51. The van der Waals surface area contributed by atoms with E-state index < -0.39 is 10.0 Å². The molecule has 0 saturated carbocycles. The summed E-state index contributed by atoms with van der Waals surface area (Å²) in [6.45, 7) is 9.22. The molecule has 0 bridgehead atoms. The number of nitrogens with one attached hydrogen (secondary N) is 1. The van der Waals surface area contributed by atoms with Crippen molar-refractivity contribution >= 4 is 21.6 Å². The first-order valence-electron chi connectivity index (χ1n) is 8.99. The Balaban J connectivity index is 1.80. The molecule has 0 aromatic heterocycles. The molecule has 7 nitrogen and oxygen atoms in total. The van der Waals surface area contributed by atoms with Crippen LogP contribution in [0.1, 0.15) is 20.3 Å². The van der Waals surface area contributed by atoms with Crippen molar-refractivity contribution in [3.63, 3.8) is 0 Å². The van der Waals surface area contributed by atoms with Crippen LogP contribution in [0, 0.1) is 0 Å². The van der Waals surface area contributed by atoms with Gasteiger partial charge < -0.3 is 10.2 Å². The Morgan fingerprint density at radius 2 is 1.69 bits per heavy atom. The predicted molar refractivity (Wildman–Crippen MR) is 104 cm³/mol. The highest BCUT2D eigenvalue weighted by atomic mass is 32.2. The molecule has 1 N–H and O–H groups in total. The average Bonchev–Trinajstić information content (AvgIpc) is 2.60. The van der Waals surface area contributed by atoms with Gasteiger partial charge in [-0.1, -0.05) is 0 Å². The fourth-order valence-electron chi connectivity index (χ4n) is 2.91. The standard InChI is InChI=1S/C18H30N4O3S/c1-15(2)22-13-11-21(12-14-22)10-9-18(23)19-16-5-7-17(8-6-16)26(24,25)20(3)4/h5-8,15H,9-14H2,1-4H3,(H,19,23). The first kappa shape index (κ1) is 20.8. The van der Waals surface area contributed by atoms with Crippen LogP contribution in [0.25, 0.3) is 0 Å². The number of amides is 1. The summed E-state index contributed by atoms with van der Waals surface area (Å²) in [5.74, 6) is -0.0560.